The molecule has 0 saturated carbocycles. The lowest BCUT2D eigenvalue weighted by Gasteiger charge is -2.13. The van der Waals surface area contributed by atoms with Crippen molar-refractivity contribution >= 4 is 6.29 Å². The molecule has 0 aliphatic carbocycles. The SMILES string of the molecule is Cc1cccc(-c2cc(C=O)cc(OC(F)(F)F)c2)c1C. The van der Waals surface area contributed by atoms with Gasteiger partial charge in [0.1, 0.15) is 12.0 Å². The van der Waals surface area contributed by atoms with Crippen LogP contribution in [0.1, 0.15) is 21.5 Å². The highest BCUT2D eigenvalue weighted by Gasteiger charge is 2.31. The Kier molecular flexibility index (Phi) is 4.02. The zero-order chi connectivity index (χ0) is 15.6. The number of carbonyl (C=O) groups excluding carboxylic acids is 1. The number of rotatable bonds is 3. The smallest absolute Gasteiger partial charge is 0.406 e. The number of aryl methyl sites for hydroxylation is 1. The molecule has 0 spiro atoms. The molecule has 2 nitrogen and oxygen atoms in total. The minimum atomic E-state index is -4.79. The molecule has 2 rings (SSSR count). The van der Waals surface area contributed by atoms with Gasteiger partial charge >= 0.3 is 6.36 Å². The van der Waals surface area contributed by atoms with Gasteiger partial charge in [-0.1, -0.05) is 18.2 Å². The average Bonchev–Trinajstić information content (AvgIpc) is 2.39. The molecule has 0 bridgehead atoms. The fourth-order valence-corrected chi connectivity index (χ4v) is 2.10. The van der Waals surface area contributed by atoms with Crippen LogP contribution in [0.25, 0.3) is 11.1 Å². The predicted molar refractivity (Wildman–Crippen MR) is 73.4 cm³/mol. The Balaban J connectivity index is 2.55. The quantitative estimate of drug-likeness (QED) is 0.768. The zero-order valence-corrected chi connectivity index (χ0v) is 11.5. The van der Waals surface area contributed by atoms with E-state index in [9.17, 15) is 18.0 Å². The molecule has 0 N–H and O–H groups in total. The van der Waals surface area contributed by atoms with Gasteiger partial charge in [-0.15, -0.1) is 13.2 Å². The van der Waals surface area contributed by atoms with Crippen molar-refractivity contribution in [3.8, 4) is 16.9 Å². The van der Waals surface area contributed by atoms with E-state index in [2.05, 4.69) is 4.74 Å². The first kappa shape index (κ1) is 15.1. The molecule has 0 saturated heterocycles. The van der Waals surface area contributed by atoms with Gasteiger partial charge in [-0.25, -0.2) is 0 Å². The second kappa shape index (κ2) is 5.60. The minimum absolute atomic E-state index is 0.132. The second-order valence-corrected chi connectivity index (χ2v) is 4.70. The molecule has 5 heteroatoms. The third kappa shape index (κ3) is 3.62. The molecule has 2 aromatic carbocycles. The van der Waals surface area contributed by atoms with Crippen LogP contribution in [0, 0.1) is 13.8 Å². The van der Waals surface area contributed by atoms with Crippen LogP contribution in [-0.4, -0.2) is 12.6 Å². The highest BCUT2D eigenvalue weighted by molar-refractivity contribution is 5.81. The summed E-state index contributed by atoms with van der Waals surface area (Å²) in [6.45, 7) is 3.79. The van der Waals surface area contributed by atoms with E-state index in [1.54, 1.807) is 6.07 Å². The molecule has 0 unspecified atom stereocenters. The van der Waals surface area contributed by atoms with E-state index in [0.29, 0.717) is 11.8 Å². The van der Waals surface area contributed by atoms with E-state index in [1.807, 2.05) is 26.0 Å². The molecule has 0 amide bonds. The van der Waals surface area contributed by atoms with Gasteiger partial charge in [-0.2, -0.15) is 0 Å². The van der Waals surface area contributed by atoms with Crippen LogP contribution in [0.4, 0.5) is 13.2 Å². The lowest BCUT2D eigenvalue weighted by molar-refractivity contribution is -0.274. The first-order chi connectivity index (χ1) is 9.80. The third-order valence-electron chi connectivity index (χ3n) is 3.21. The lowest BCUT2D eigenvalue weighted by Crippen LogP contribution is -2.17. The van der Waals surface area contributed by atoms with Crippen LogP contribution in [0.5, 0.6) is 5.75 Å². The van der Waals surface area contributed by atoms with Crippen LogP contribution >= 0.6 is 0 Å². The molecule has 0 aliphatic rings. The predicted octanol–water partition coefficient (Wildman–Crippen LogP) is 4.68. The van der Waals surface area contributed by atoms with Crippen molar-refractivity contribution in [1.29, 1.82) is 0 Å². The summed E-state index contributed by atoms with van der Waals surface area (Å²) in [7, 11) is 0. The number of hydrogen-bond acceptors (Lipinski definition) is 2. The Morgan fingerprint density at radius 3 is 2.43 bits per heavy atom. The summed E-state index contributed by atoms with van der Waals surface area (Å²) in [5, 5.41) is 0. The van der Waals surface area contributed by atoms with Crippen molar-refractivity contribution in [3.63, 3.8) is 0 Å². The van der Waals surface area contributed by atoms with Crippen LogP contribution in [-0.2, 0) is 0 Å². The molecule has 2 aromatic rings. The van der Waals surface area contributed by atoms with Crippen LogP contribution in [0.2, 0.25) is 0 Å². The maximum atomic E-state index is 12.3. The van der Waals surface area contributed by atoms with Gasteiger partial charge in [0.25, 0.3) is 0 Å². The van der Waals surface area contributed by atoms with Crippen molar-refractivity contribution in [3.05, 3.63) is 53.1 Å². The zero-order valence-electron chi connectivity index (χ0n) is 11.5. The van der Waals surface area contributed by atoms with Crippen molar-refractivity contribution in [2.24, 2.45) is 0 Å². The Labute approximate surface area is 120 Å². The number of benzene rings is 2. The number of alkyl halides is 3. The van der Waals surface area contributed by atoms with E-state index in [-0.39, 0.29) is 5.56 Å². The lowest BCUT2D eigenvalue weighted by atomic mass is 9.96. The highest BCUT2D eigenvalue weighted by Crippen LogP contribution is 2.31. The maximum Gasteiger partial charge on any atom is 0.573 e. The van der Waals surface area contributed by atoms with Gasteiger partial charge in [0.15, 0.2) is 0 Å². The molecular formula is C16H13F3O2. The van der Waals surface area contributed by atoms with E-state index >= 15 is 0 Å². The Bertz CT molecular complexity index is 676. The van der Waals surface area contributed by atoms with Crippen LogP contribution < -0.4 is 4.74 Å². The second-order valence-electron chi connectivity index (χ2n) is 4.70. The third-order valence-corrected chi connectivity index (χ3v) is 3.21. The summed E-state index contributed by atoms with van der Waals surface area (Å²) in [5.74, 6) is -0.400. The molecule has 0 aromatic heterocycles. The van der Waals surface area contributed by atoms with Crippen molar-refractivity contribution in [2.75, 3.05) is 0 Å². The topological polar surface area (TPSA) is 26.3 Å². The summed E-state index contributed by atoms with van der Waals surface area (Å²) in [6.07, 6.45) is -4.29. The standard InChI is InChI=1S/C16H13F3O2/c1-10-4-3-5-15(11(10)2)13-6-12(9-20)7-14(8-13)21-16(17,18)19/h3-9H,1-2H3. The van der Waals surface area contributed by atoms with E-state index in [0.717, 1.165) is 22.8 Å². The number of aldehydes is 1. The summed E-state index contributed by atoms with van der Waals surface area (Å²) < 4.78 is 40.9. The molecule has 0 fully saturated rings. The molecule has 0 radical (unpaired) electrons. The first-order valence-electron chi connectivity index (χ1n) is 6.23. The Morgan fingerprint density at radius 2 is 1.81 bits per heavy atom. The largest absolute Gasteiger partial charge is 0.573 e. The van der Waals surface area contributed by atoms with Gasteiger partial charge < -0.3 is 4.74 Å². The maximum absolute atomic E-state index is 12.3. The summed E-state index contributed by atoms with van der Waals surface area (Å²) in [6, 6.07) is 9.41. The fourth-order valence-electron chi connectivity index (χ4n) is 2.10. The Hall–Kier alpha value is -2.30. The number of carbonyl (C=O) groups is 1. The molecule has 21 heavy (non-hydrogen) atoms. The summed E-state index contributed by atoms with van der Waals surface area (Å²) >= 11 is 0. The van der Waals surface area contributed by atoms with Crippen molar-refractivity contribution in [1.82, 2.24) is 0 Å². The van der Waals surface area contributed by atoms with Gasteiger partial charge in [0.05, 0.1) is 0 Å². The van der Waals surface area contributed by atoms with E-state index < -0.39 is 12.1 Å². The summed E-state index contributed by atoms with van der Waals surface area (Å²) in [4.78, 5) is 10.9. The fraction of sp³-hybridized carbons (Fsp3) is 0.188. The van der Waals surface area contributed by atoms with Crippen LogP contribution in [0.3, 0.4) is 0 Å². The number of hydrogen-bond donors (Lipinski definition) is 0. The molecule has 110 valence electrons. The average molecular weight is 294 g/mol. The van der Waals surface area contributed by atoms with Crippen molar-refractivity contribution in [2.45, 2.75) is 20.2 Å². The number of ether oxygens (including phenoxy) is 1. The summed E-state index contributed by atoms with van der Waals surface area (Å²) in [5.41, 5.74) is 3.37. The van der Waals surface area contributed by atoms with Crippen LogP contribution in [0.15, 0.2) is 36.4 Å². The highest BCUT2D eigenvalue weighted by atomic mass is 19.4. The first-order valence-corrected chi connectivity index (χ1v) is 6.23. The normalized spacial score (nSPS) is 11.3. The van der Waals surface area contributed by atoms with E-state index in [1.165, 1.54) is 12.1 Å². The monoisotopic (exact) mass is 294 g/mol. The number of halogens is 3. The molecule has 0 atom stereocenters. The Morgan fingerprint density at radius 1 is 1.10 bits per heavy atom. The van der Waals surface area contributed by atoms with E-state index in [4.69, 9.17) is 0 Å². The van der Waals surface area contributed by atoms with Gasteiger partial charge in [-0.05, 0) is 54.3 Å². The van der Waals surface area contributed by atoms with Gasteiger partial charge in [0.2, 0.25) is 0 Å². The molecular weight excluding hydrogens is 281 g/mol. The van der Waals surface area contributed by atoms with Crippen molar-refractivity contribution < 1.29 is 22.7 Å². The van der Waals surface area contributed by atoms with Gasteiger partial charge in [-0.3, -0.25) is 4.79 Å². The molecule has 0 heterocycles. The minimum Gasteiger partial charge on any atom is -0.406 e. The van der Waals surface area contributed by atoms with Gasteiger partial charge in [0, 0.05) is 5.56 Å². The molecule has 0 aliphatic heterocycles.